The summed E-state index contributed by atoms with van der Waals surface area (Å²) in [6.45, 7) is 12.4. The van der Waals surface area contributed by atoms with Crippen LogP contribution in [-0.2, 0) is 10.3 Å². The Morgan fingerprint density at radius 1 is 1.12 bits per heavy atom. The second-order valence-corrected chi connectivity index (χ2v) is 6.15. The van der Waals surface area contributed by atoms with E-state index in [0.29, 0.717) is 0 Å². The van der Waals surface area contributed by atoms with Gasteiger partial charge in [0.15, 0.2) is 0 Å². The van der Waals surface area contributed by atoms with Crippen molar-refractivity contribution < 1.29 is 4.74 Å². The Kier molecular flexibility index (Phi) is 3.04. The number of hydrogen-bond donors (Lipinski definition) is 1. The highest BCUT2D eigenvalue weighted by Crippen LogP contribution is 2.31. The number of nitrogens with one attached hydrogen (secondary N) is 1. The van der Waals surface area contributed by atoms with E-state index in [0.717, 1.165) is 13.2 Å². The summed E-state index contributed by atoms with van der Waals surface area (Å²) in [5.74, 6) is 0. The zero-order valence-electron chi connectivity index (χ0n) is 11.6. The summed E-state index contributed by atoms with van der Waals surface area (Å²) in [4.78, 5) is 0. The predicted molar refractivity (Wildman–Crippen MR) is 71.3 cm³/mol. The third kappa shape index (κ3) is 2.53. The van der Waals surface area contributed by atoms with E-state index in [9.17, 15) is 0 Å². The molecule has 0 spiro atoms. The molecule has 2 rings (SSSR count). The second-order valence-electron chi connectivity index (χ2n) is 6.15. The van der Waals surface area contributed by atoms with Gasteiger partial charge in [-0.3, -0.25) is 5.32 Å². The van der Waals surface area contributed by atoms with E-state index < -0.39 is 0 Å². The van der Waals surface area contributed by atoms with Crippen molar-refractivity contribution in [2.75, 3.05) is 13.2 Å². The Hall–Kier alpha value is -0.860. The highest BCUT2D eigenvalue weighted by atomic mass is 16.5. The predicted octanol–water partition coefficient (Wildman–Crippen LogP) is 2.92. The molecule has 94 valence electrons. The molecule has 1 heterocycles. The Balaban J connectivity index is 2.40. The summed E-state index contributed by atoms with van der Waals surface area (Å²) in [7, 11) is 0. The van der Waals surface area contributed by atoms with E-state index in [1.165, 1.54) is 16.7 Å². The molecule has 1 fully saturated rings. The summed E-state index contributed by atoms with van der Waals surface area (Å²) in [6.07, 6.45) is 0. The highest BCUT2D eigenvalue weighted by Gasteiger charge is 2.38. The minimum atomic E-state index is -0.0855. The van der Waals surface area contributed by atoms with E-state index in [1.807, 2.05) is 0 Å². The maximum absolute atomic E-state index is 5.79. The lowest BCUT2D eigenvalue weighted by Gasteiger charge is -2.45. The van der Waals surface area contributed by atoms with Gasteiger partial charge in [-0.25, -0.2) is 0 Å². The lowest BCUT2D eigenvalue weighted by Crippen LogP contribution is -2.60. The van der Waals surface area contributed by atoms with Gasteiger partial charge >= 0.3 is 0 Å². The maximum Gasteiger partial charge on any atom is 0.0688 e. The number of ether oxygens (including phenoxy) is 1. The number of rotatable bonds is 1. The number of benzene rings is 1. The highest BCUT2D eigenvalue weighted by molar-refractivity contribution is 5.36. The first-order valence-electron chi connectivity index (χ1n) is 6.27. The summed E-state index contributed by atoms with van der Waals surface area (Å²) in [6, 6.07) is 6.63. The molecule has 0 aliphatic carbocycles. The maximum atomic E-state index is 5.79. The molecule has 0 amide bonds. The van der Waals surface area contributed by atoms with Gasteiger partial charge in [-0.1, -0.05) is 23.8 Å². The van der Waals surface area contributed by atoms with Crippen LogP contribution < -0.4 is 5.32 Å². The van der Waals surface area contributed by atoms with E-state index in [4.69, 9.17) is 4.74 Å². The molecule has 1 saturated heterocycles. The molecule has 2 heteroatoms. The van der Waals surface area contributed by atoms with Crippen LogP contribution in [0.5, 0.6) is 0 Å². The summed E-state index contributed by atoms with van der Waals surface area (Å²) in [5.41, 5.74) is 3.93. The molecule has 0 saturated carbocycles. The Morgan fingerprint density at radius 3 is 2.47 bits per heavy atom. The van der Waals surface area contributed by atoms with Gasteiger partial charge in [-0.05, 0) is 45.7 Å². The normalized spacial score (nSPS) is 28.1. The van der Waals surface area contributed by atoms with E-state index in [1.54, 1.807) is 0 Å². The third-order valence-corrected chi connectivity index (χ3v) is 3.46. The largest absolute Gasteiger partial charge is 0.377 e. The Morgan fingerprint density at radius 2 is 1.82 bits per heavy atom. The first-order valence-corrected chi connectivity index (χ1v) is 6.27. The van der Waals surface area contributed by atoms with Crippen LogP contribution in [0, 0.1) is 13.8 Å². The monoisotopic (exact) mass is 233 g/mol. The molecule has 0 aromatic heterocycles. The van der Waals surface area contributed by atoms with Crippen molar-refractivity contribution in [1.82, 2.24) is 5.32 Å². The van der Waals surface area contributed by atoms with Crippen LogP contribution in [-0.4, -0.2) is 18.8 Å². The van der Waals surface area contributed by atoms with Gasteiger partial charge in [0.1, 0.15) is 0 Å². The van der Waals surface area contributed by atoms with Crippen LogP contribution in [0.3, 0.4) is 0 Å². The average Bonchev–Trinajstić information content (AvgIpc) is 2.19. The number of morpholine rings is 1. The number of aryl methyl sites for hydroxylation is 2. The quantitative estimate of drug-likeness (QED) is 0.805. The van der Waals surface area contributed by atoms with Gasteiger partial charge in [-0.15, -0.1) is 0 Å². The number of hydrogen-bond acceptors (Lipinski definition) is 2. The Bertz CT molecular complexity index is 425. The van der Waals surface area contributed by atoms with E-state index in [2.05, 4.69) is 58.1 Å². The van der Waals surface area contributed by atoms with Gasteiger partial charge in [0, 0.05) is 5.54 Å². The zero-order chi connectivity index (χ0) is 12.7. The van der Waals surface area contributed by atoms with E-state index >= 15 is 0 Å². The minimum Gasteiger partial charge on any atom is -0.377 e. The first kappa shape index (κ1) is 12.6. The SMILES string of the molecule is Cc1ccc(C)c(C2(C)COCC(C)(C)N2)c1. The average molecular weight is 233 g/mol. The minimum absolute atomic E-state index is 0.0309. The molecule has 1 N–H and O–H groups in total. The van der Waals surface area contributed by atoms with Crippen LogP contribution >= 0.6 is 0 Å². The topological polar surface area (TPSA) is 21.3 Å². The second kappa shape index (κ2) is 4.11. The van der Waals surface area contributed by atoms with Crippen molar-refractivity contribution in [3.63, 3.8) is 0 Å². The molecule has 0 bridgehead atoms. The molecule has 1 aromatic rings. The fourth-order valence-corrected chi connectivity index (χ4v) is 2.80. The van der Waals surface area contributed by atoms with Gasteiger partial charge in [0.2, 0.25) is 0 Å². The van der Waals surface area contributed by atoms with Crippen molar-refractivity contribution in [3.05, 3.63) is 34.9 Å². The van der Waals surface area contributed by atoms with Crippen molar-refractivity contribution in [2.45, 2.75) is 45.7 Å². The lowest BCUT2D eigenvalue weighted by atomic mass is 9.84. The zero-order valence-corrected chi connectivity index (χ0v) is 11.6. The van der Waals surface area contributed by atoms with Crippen LogP contribution in [0.1, 0.15) is 37.5 Å². The summed E-state index contributed by atoms with van der Waals surface area (Å²) < 4.78 is 5.79. The Labute approximate surface area is 104 Å². The van der Waals surface area contributed by atoms with Crippen molar-refractivity contribution >= 4 is 0 Å². The van der Waals surface area contributed by atoms with Crippen LogP contribution in [0.25, 0.3) is 0 Å². The molecule has 1 aromatic carbocycles. The van der Waals surface area contributed by atoms with Gasteiger partial charge < -0.3 is 4.74 Å². The fraction of sp³-hybridized carbons (Fsp3) is 0.600. The van der Waals surface area contributed by atoms with Gasteiger partial charge in [-0.2, -0.15) is 0 Å². The fourth-order valence-electron chi connectivity index (χ4n) is 2.80. The molecular weight excluding hydrogens is 210 g/mol. The summed E-state index contributed by atoms with van der Waals surface area (Å²) >= 11 is 0. The van der Waals surface area contributed by atoms with Crippen molar-refractivity contribution in [3.8, 4) is 0 Å². The van der Waals surface area contributed by atoms with E-state index in [-0.39, 0.29) is 11.1 Å². The van der Waals surface area contributed by atoms with Crippen molar-refractivity contribution in [1.29, 1.82) is 0 Å². The first-order chi connectivity index (χ1) is 7.82. The molecular formula is C15H23NO. The van der Waals surface area contributed by atoms with Crippen LogP contribution in [0.2, 0.25) is 0 Å². The molecule has 1 atom stereocenters. The van der Waals surface area contributed by atoms with Crippen LogP contribution in [0.15, 0.2) is 18.2 Å². The molecule has 2 nitrogen and oxygen atoms in total. The molecule has 1 aliphatic rings. The smallest absolute Gasteiger partial charge is 0.0688 e. The molecule has 0 radical (unpaired) electrons. The molecule has 17 heavy (non-hydrogen) atoms. The third-order valence-electron chi connectivity index (χ3n) is 3.46. The van der Waals surface area contributed by atoms with Crippen LogP contribution in [0.4, 0.5) is 0 Å². The van der Waals surface area contributed by atoms with Gasteiger partial charge in [0.05, 0.1) is 18.8 Å². The molecule has 1 aliphatic heterocycles. The summed E-state index contributed by atoms with van der Waals surface area (Å²) in [5, 5.41) is 3.73. The standard InChI is InChI=1S/C15H23NO/c1-11-6-7-12(2)13(8-11)15(5)10-17-9-14(3,4)16-15/h6-8,16H,9-10H2,1-5H3. The van der Waals surface area contributed by atoms with Crippen molar-refractivity contribution in [2.24, 2.45) is 0 Å². The lowest BCUT2D eigenvalue weighted by molar-refractivity contribution is -0.0266. The van der Waals surface area contributed by atoms with Gasteiger partial charge in [0.25, 0.3) is 0 Å². The molecule has 1 unspecified atom stereocenters.